The van der Waals surface area contributed by atoms with Crippen LogP contribution in [0.1, 0.15) is 44.7 Å². The number of benzene rings is 2. The highest BCUT2D eigenvalue weighted by Gasteiger charge is 2.25. The van der Waals surface area contributed by atoms with Crippen LogP contribution in [0.4, 0.5) is 0 Å². The van der Waals surface area contributed by atoms with E-state index in [0.29, 0.717) is 12.0 Å². The highest BCUT2D eigenvalue weighted by atomic mass is 35.5. The zero-order chi connectivity index (χ0) is 21.0. The van der Waals surface area contributed by atoms with Crippen molar-refractivity contribution >= 4 is 23.2 Å². The van der Waals surface area contributed by atoms with Crippen molar-refractivity contribution in [1.29, 1.82) is 0 Å². The number of ether oxygens (including phenoxy) is 1. The van der Waals surface area contributed by atoms with Crippen LogP contribution >= 0.6 is 23.2 Å². The second kappa shape index (κ2) is 9.28. The Morgan fingerprint density at radius 1 is 0.966 bits per heavy atom. The van der Waals surface area contributed by atoms with Gasteiger partial charge in [0.25, 0.3) is 0 Å². The summed E-state index contributed by atoms with van der Waals surface area (Å²) in [7, 11) is 0. The summed E-state index contributed by atoms with van der Waals surface area (Å²) in [5.74, 6) is 1.25. The van der Waals surface area contributed by atoms with E-state index >= 15 is 0 Å². The summed E-state index contributed by atoms with van der Waals surface area (Å²) in [4.78, 5) is 2.37. The Balaban J connectivity index is 1.79. The lowest BCUT2D eigenvalue weighted by Gasteiger charge is -2.36. The van der Waals surface area contributed by atoms with Crippen molar-refractivity contribution in [2.24, 2.45) is 0 Å². The summed E-state index contributed by atoms with van der Waals surface area (Å²) in [6, 6.07) is 16.7. The van der Waals surface area contributed by atoms with Gasteiger partial charge in [-0.1, -0.05) is 47.5 Å². The Morgan fingerprint density at radius 2 is 1.55 bits per heavy atom. The molecule has 29 heavy (non-hydrogen) atoms. The standard InChI is InChI=1S/C25H29Cl2NO/c1-18(28-15-13-23(14-16-28)29-25(2,3)4)24(20-7-11-22(27)12-8-20)17-19-5-9-21(26)10-6-19/h5-15,18,24H,16-17H2,1-4H3. The van der Waals surface area contributed by atoms with Gasteiger partial charge in [-0.3, -0.25) is 0 Å². The van der Waals surface area contributed by atoms with Crippen LogP contribution < -0.4 is 0 Å². The van der Waals surface area contributed by atoms with Crippen LogP contribution in [0.3, 0.4) is 0 Å². The fourth-order valence-corrected chi connectivity index (χ4v) is 3.86. The van der Waals surface area contributed by atoms with Gasteiger partial charge in [-0.2, -0.15) is 0 Å². The van der Waals surface area contributed by atoms with Gasteiger partial charge in [0.1, 0.15) is 11.4 Å². The van der Waals surface area contributed by atoms with Gasteiger partial charge in [-0.15, -0.1) is 0 Å². The van der Waals surface area contributed by atoms with Crippen LogP contribution in [0.5, 0.6) is 0 Å². The molecule has 0 N–H and O–H groups in total. The van der Waals surface area contributed by atoms with Crippen molar-refractivity contribution < 1.29 is 4.74 Å². The molecule has 1 heterocycles. The predicted molar refractivity (Wildman–Crippen MR) is 124 cm³/mol. The molecule has 154 valence electrons. The summed E-state index contributed by atoms with van der Waals surface area (Å²) in [5.41, 5.74) is 2.37. The smallest absolute Gasteiger partial charge is 0.119 e. The molecule has 2 nitrogen and oxygen atoms in total. The second-order valence-electron chi connectivity index (χ2n) is 8.56. The highest BCUT2D eigenvalue weighted by molar-refractivity contribution is 6.30. The van der Waals surface area contributed by atoms with E-state index < -0.39 is 0 Å². The average Bonchev–Trinajstić information content (AvgIpc) is 2.67. The molecule has 2 unspecified atom stereocenters. The molecule has 2 aromatic carbocycles. The van der Waals surface area contributed by atoms with Crippen LogP contribution in [0, 0.1) is 0 Å². The lowest BCUT2D eigenvalue weighted by molar-refractivity contribution is 0.0571. The van der Waals surface area contributed by atoms with E-state index in [0.717, 1.165) is 28.8 Å². The van der Waals surface area contributed by atoms with E-state index in [2.05, 4.69) is 75.2 Å². The first-order valence-corrected chi connectivity index (χ1v) is 10.8. The first-order valence-electron chi connectivity index (χ1n) is 10.0. The van der Waals surface area contributed by atoms with E-state index in [1.807, 2.05) is 24.3 Å². The number of hydrogen-bond donors (Lipinski definition) is 0. The number of nitrogens with zero attached hydrogens (tertiary/aromatic N) is 1. The minimum absolute atomic E-state index is 0.190. The largest absolute Gasteiger partial charge is 0.488 e. The lowest BCUT2D eigenvalue weighted by Crippen LogP contribution is -2.36. The molecule has 0 aromatic heterocycles. The monoisotopic (exact) mass is 429 g/mol. The average molecular weight is 430 g/mol. The molecule has 1 aliphatic rings. The molecule has 4 heteroatoms. The van der Waals surface area contributed by atoms with Gasteiger partial charge in [-0.25, -0.2) is 0 Å². The van der Waals surface area contributed by atoms with Gasteiger partial charge in [0.2, 0.25) is 0 Å². The zero-order valence-electron chi connectivity index (χ0n) is 17.5. The maximum atomic E-state index is 6.13. The topological polar surface area (TPSA) is 12.5 Å². The summed E-state index contributed by atoms with van der Waals surface area (Å²) in [6.45, 7) is 9.31. The normalized spacial score (nSPS) is 16.3. The van der Waals surface area contributed by atoms with Gasteiger partial charge >= 0.3 is 0 Å². The fraction of sp³-hybridized carbons (Fsp3) is 0.360. The molecule has 0 spiro atoms. The van der Waals surface area contributed by atoms with Crippen molar-refractivity contribution in [3.63, 3.8) is 0 Å². The van der Waals surface area contributed by atoms with Gasteiger partial charge in [0, 0.05) is 34.7 Å². The van der Waals surface area contributed by atoms with Gasteiger partial charge < -0.3 is 9.64 Å². The molecule has 0 amide bonds. The van der Waals surface area contributed by atoms with E-state index in [-0.39, 0.29) is 5.60 Å². The molecule has 2 aromatic rings. The van der Waals surface area contributed by atoms with E-state index in [4.69, 9.17) is 27.9 Å². The number of halogens is 2. The van der Waals surface area contributed by atoms with Crippen LogP contribution in [0.2, 0.25) is 10.0 Å². The SMILES string of the molecule is CC(C(Cc1ccc(Cl)cc1)c1ccc(Cl)cc1)N1C=CC(OC(C)(C)C)=CC1. The Morgan fingerprint density at radius 3 is 2.07 bits per heavy atom. The van der Waals surface area contributed by atoms with Crippen LogP contribution in [0.15, 0.2) is 72.6 Å². The molecule has 0 bridgehead atoms. The van der Waals surface area contributed by atoms with Crippen LogP contribution in [-0.2, 0) is 11.2 Å². The third-order valence-electron chi connectivity index (χ3n) is 5.13. The van der Waals surface area contributed by atoms with Gasteiger partial charge in [-0.05, 0) is 81.7 Å². The Hall–Kier alpha value is -1.90. The first kappa shape index (κ1) is 21.8. The molecular formula is C25H29Cl2NO. The molecule has 0 aliphatic carbocycles. The Bertz CT molecular complexity index is 863. The van der Waals surface area contributed by atoms with Crippen molar-refractivity contribution in [2.45, 2.75) is 51.7 Å². The molecule has 1 aliphatic heterocycles. The zero-order valence-corrected chi connectivity index (χ0v) is 19.0. The molecule has 0 fully saturated rings. The lowest BCUT2D eigenvalue weighted by atomic mass is 9.85. The summed E-state index contributed by atoms with van der Waals surface area (Å²) < 4.78 is 5.99. The third kappa shape index (κ3) is 6.29. The molecular weight excluding hydrogens is 401 g/mol. The van der Waals surface area contributed by atoms with Crippen molar-refractivity contribution in [3.8, 4) is 0 Å². The number of allylic oxidation sites excluding steroid dienone is 1. The molecule has 0 saturated carbocycles. The second-order valence-corrected chi connectivity index (χ2v) is 9.44. The summed E-state index contributed by atoms with van der Waals surface area (Å²) in [5, 5.41) is 1.52. The first-order chi connectivity index (χ1) is 13.7. The van der Waals surface area contributed by atoms with Gasteiger partial charge in [0.15, 0.2) is 0 Å². The van der Waals surface area contributed by atoms with E-state index in [1.165, 1.54) is 11.1 Å². The predicted octanol–water partition coefficient (Wildman–Crippen LogP) is 7.24. The van der Waals surface area contributed by atoms with Crippen molar-refractivity contribution in [2.75, 3.05) is 6.54 Å². The Kier molecular flexibility index (Phi) is 6.97. The molecule has 3 rings (SSSR count). The summed E-state index contributed by atoms with van der Waals surface area (Å²) in [6.07, 6.45) is 7.30. The highest BCUT2D eigenvalue weighted by Crippen LogP contribution is 2.30. The molecule has 2 atom stereocenters. The third-order valence-corrected chi connectivity index (χ3v) is 5.63. The van der Waals surface area contributed by atoms with E-state index in [9.17, 15) is 0 Å². The Labute approximate surface area is 184 Å². The summed E-state index contributed by atoms with van der Waals surface area (Å²) >= 11 is 12.2. The number of rotatable bonds is 6. The molecule has 0 saturated heterocycles. The molecule has 0 radical (unpaired) electrons. The van der Waals surface area contributed by atoms with Crippen molar-refractivity contribution in [3.05, 3.63) is 93.8 Å². The van der Waals surface area contributed by atoms with Crippen LogP contribution in [-0.4, -0.2) is 23.1 Å². The quantitative estimate of drug-likeness (QED) is 0.479. The maximum Gasteiger partial charge on any atom is 0.119 e. The minimum atomic E-state index is -0.190. The maximum absolute atomic E-state index is 6.13. The van der Waals surface area contributed by atoms with Gasteiger partial charge in [0.05, 0.1) is 0 Å². The van der Waals surface area contributed by atoms with E-state index in [1.54, 1.807) is 0 Å². The number of hydrogen-bond acceptors (Lipinski definition) is 2. The minimum Gasteiger partial charge on any atom is -0.488 e. The fourth-order valence-electron chi connectivity index (χ4n) is 3.61. The van der Waals surface area contributed by atoms with Crippen molar-refractivity contribution in [1.82, 2.24) is 4.90 Å². The van der Waals surface area contributed by atoms with Crippen LogP contribution in [0.25, 0.3) is 0 Å².